The lowest BCUT2D eigenvalue weighted by Crippen LogP contribution is -2.41. The number of carbonyl (C=O) groups is 1. The highest BCUT2D eigenvalue weighted by Gasteiger charge is 2.27. The van der Waals surface area contributed by atoms with E-state index in [-0.39, 0.29) is 36.5 Å². The number of ether oxygens (including phenoxy) is 1. The van der Waals surface area contributed by atoms with Gasteiger partial charge in [0.25, 0.3) is 5.91 Å². The molecule has 0 spiro atoms. The number of hydrogen-bond acceptors (Lipinski definition) is 6. The summed E-state index contributed by atoms with van der Waals surface area (Å²) in [5.41, 5.74) is 11.6. The third kappa shape index (κ3) is 4.71. The van der Waals surface area contributed by atoms with Crippen LogP contribution in [-0.4, -0.2) is 29.9 Å². The number of benzene rings is 1. The van der Waals surface area contributed by atoms with Gasteiger partial charge in [-0.25, -0.2) is 0 Å². The zero-order valence-corrected chi connectivity index (χ0v) is 15.1. The van der Waals surface area contributed by atoms with Crippen molar-refractivity contribution >= 4 is 5.91 Å². The van der Waals surface area contributed by atoms with Gasteiger partial charge in [0, 0.05) is 25.2 Å². The molecule has 0 atom stereocenters. The number of rotatable bonds is 8. The van der Waals surface area contributed by atoms with Crippen molar-refractivity contribution in [3.05, 3.63) is 63.7 Å². The molecule has 0 saturated heterocycles. The third-order valence-electron chi connectivity index (χ3n) is 3.83. The highest BCUT2D eigenvalue weighted by molar-refractivity contribution is 5.94. The third-order valence-corrected chi connectivity index (χ3v) is 3.83. The van der Waals surface area contributed by atoms with Crippen LogP contribution in [0.25, 0.3) is 0 Å². The van der Waals surface area contributed by atoms with Crippen molar-refractivity contribution in [2.45, 2.75) is 33.0 Å². The summed E-state index contributed by atoms with van der Waals surface area (Å²) in [5, 5.41) is 0. The Labute approximate surface area is 152 Å². The maximum atomic E-state index is 12.9. The summed E-state index contributed by atoms with van der Waals surface area (Å²) < 4.78 is 11.2. The second-order valence-electron chi connectivity index (χ2n) is 6.09. The average molecular weight is 359 g/mol. The molecule has 26 heavy (non-hydrogen) atoms. The molecule has 0 aliphatic rings. The van der Waals surface area contributed by atoms with Gasteiger partial charge in [-0.05, 0) is 19.4 Å². The van der Waals surface area contributed by atoms with Crippen LogP contribution in [0.15, 0.2) is 45.6 Å². The van der Waals surface area contributed by atoms with Crippen LogP contribution < -0.4 is 21.6 Å². The first-order valence-electron chi connectivity index (χ1n) is 8.52. The van der Waals surface area contributed by atoms with Gasteiger partial charge in [0.15, 0.2) is 0 Å². The van der Waals surface area contributed by atoms with Gasteiger partial charge in [0.1, 0.15) is 12.4 Å². The Hall–Kier alpha value is -2.64. The molecule has 1 amide bonds. The van der Waals surface area contributed by atoms with Crippen LogP contribution in [0.5, 0.6) is 5.75 Å². The van der Waals surface area contributed by atoms with E-state index in [2.05, 4.69) is 0 Å². The normalized spacial score (nSPS) is 10.8. The SMILES string of the molecule is CC(C)N(CCN)C(=O)c1oc(CN)cc(=O)c1OCc1ccccc1. The molecular formula is C19H25N3O4. The lowest BCUT2D eigenvalue weighted by molar-refractivity contribution is 0.0665. The maximum Gasteiger partial charge on any atom is 0.293 e. The Morgan fingerprint density at radius 1 is 1.23 bits per heavy atom. The Kier molecular flexibility index (Phi) is 6.94. The Morgan fingerprint density at radius 3 is 2.50 bits per heavy atom. The summed E-state index contributed by atoms with van der Waals surface area (Å²) in [7, 11) is 0. The van der Waals surface area contributed by atoms with Gasteiger partial charge in [-0.1, -0.05) is 30.3 Å². The van der Waals surface area contributed by atoms with E-state index in [1.165, 1.54) is 11.0 Å². The smallest absolute Gasteiger partial charge is 0.293 e. The predicted molar refractivity (Wildman–Crippen MR) is 98.9 cm³/mol. The van der Waals surface area contributed by atoms with Crippen LogP contribution >= 0.6 is 0 Å². The molecule has 4 N–H and O–H groups in total. The first-order chi connectivity index (χ1) is 12.5. The monoisotopic (exact) mass is 359 g/mol. The van der Waals surface area contributed by atoms with E-state index < -0.39 is 11.3 Å². The van der Waals surface area contributed by atoms with E-state index in [1.54, 1.807) is 0 Å². The summed E-state index contributed by atoms with van der Waals surface area (Å²) in [6, 6.07) is 10.5. The largest absolute Gasteiger partial charge is 0.481 e. The Balaban J connectivity index is 2.40. The maximum absolute atomic E-state index is 12.9. The van der Waals surface area contributed by atoms with Crippen molar-refractivity contribution in [1.29, 1.82) is 0 Å². The Bertz CT molecular complexity index is 787. The first-order valence-corrected chi connectivity index (χ1v) is 8.52. The average Bonchev–Trinajstić information content (AvgIpc) is 2.64. The fourth-order valence-electron chi connectivity index (χ4n) is 2.50. The molecule has 0 fully saturated rings. The second-order valence-corrected chi connectivity index (χ2v) is 6.09. The van der Waals surface area contributed by atoms with Crippen molar-refractivity contribution in [3.63, 3.8) is 0 Å². The lowest BCUT2D eigenvalue weighted by Gasteiger charge is -2.26. The molecule has 1 heterocycles. The zero-order valence-electron chi connectivity index (χ0n) is 15.1. The zero-order chi connectivity index (χ0) is 19.1. The number of nitrogens with two attached hydrogens (primary N) is 2. The molecule has 1 aromatic heterocycles. The predicted octanol–water partition coefficient (Wildman–Crippen LogP) is 1.49. The summed E-state index contributed by atoms with van der Waals surface area (Å²) in [6.07, 6.45) is 0. The van der Waals surface area contributed by atoms with E-state index in [0.29, 0.717) is 13.1 Å². The minimum Gasteiger partial charge on any atom is -0.481 e. The highest BCUT2D eigenvalue weighted by atomic mass is 16.5. The lowest BCUT2D eigenvalue weighted by atomic mass is 10.2. The molecule has 0 radical (unpaired) electrons. The van der Waals surface area contributed by atoms with E-state index in [4.69, 9.17) is 20.6 Å². The van der Waals surface area contributed by atoms with Gasteiger partial charge < -0.3 is 25.5 Å². The molecule has 0 saturated carbocycles. The molecule has 0 bridgehead atoms. The van der Waals surface area contributed by atoms with Crippen molar-refractivity contribution in [2.24, 2.45) is 11.5 Å². The standard InChI is InChI=1S/C19H25N3O4/c1-13(2)22(9-8-20)19(24)18-17(16(23)10-15(11-21)26-18)25-12-14-6-4-3-5-7-14/h3-7,10,13H,8-9,11-12,20-21H2,1-2H3. The molecule has 1 aromatic carbocycles. The number of amides is 1. The first kappa shape index (κ1) is 19.7. The van der Waals surface area contributed by atoms with Crippen LogP contribution in [0.2, 0.25) is 0 Å². The molecule has 7 nitrogen and oxygen atoms in total. The summed E-state index contributed by atoms with van der Waals surface area (Å²) in [6.45, 7) is 4.52. The fraction of sp³-hybridized carbons (Fsp3) is 0.368. The van der Waals surface area contributed by atoms with Gasteiger partial charge in [0.05, 0.1) is 6.54 Å². The van der Waals surface area contributed by atoms with E-state index >= 15 is 0 Å². The van der Waals surface area contributed by atoms with Crippen molar-refractivity contribution < 1.29 is 13.9 Å². The topological polar surface area (TPSA) is 112 Å². The molecule has 0 unspecified atom stereocenters. The molecule has 2 aromatic rings. The summed E-state index contributed by atoms with van der Waals surface area (Å²) in [4.78, 5) is 26.9. The van der Waals surface area contributed by atoms with Gasteiger partial charge >= 0.3 is 0 Å². The van der Waals surface area contributed by atoms with Gasteiger partial charge in [-0.2, -0.15) is 0 Å². The minimum atomic E-state index is -0.444. The minimum absolute atomic E-state index is 0.00700. The highest BCUT2D eigenvalue weighted by Crippen LogP contribution is 2.20. The number of carbonyl (C=O) groups excluding carboxylic acids is 1. The number of nitrogens with zero attached hydrogens (tertiary/aromatic N) is 1. The Morgan fingerprint density at radius 2 is 1.92 bits per heavy atom. The molecule has 2 rings (SSSR count). The van der Waals surface area contributed by atoms with E-state index in [1.807, 2.05) is 44.2 Å². The van der Waals surface area contributed by atoms with Crippen molar-refractivity contribution in [3.8, 4) is 5.75 Å². The van der Waals surface area contributed by atoms with Crippen LogP contribution in [0, 0.1) is 0 Å². The van der Waals surface area contributed by atoms with Gasteiger partial charge in [-0.3, -0.25) is 9.59 Å². The molecule has 0 aliphatic heterocycles. The van der Waals surface area contributed by atoms with E-state index in [0.717, 1.165) is 5.56 Å². The summed E-state index contributed by atoms with van der Waals surface area (Å²) in [5.74, 6) is -0.475. The quantitative estimate of drug-likeness (QED) is 0.738. The summed E-state index contributed by atoms with van der Waals surface area (Å²) >= 11 is 0. The van der Waals surface area contributed by atoms with Crippen molar-refractivity contribution in [1.82, 2.24) is 4.90 Å². The van der Waals surface area contributed by atoms with Crippen molar-refractivity contribution in [2.75, 3.05) is 13.1 Å². The van der Waals surface area contributed by atoms with Crippen LogP contribution in [0.1, 0.15) is 35.7 Å². The fourth-order valence-corrected chi connectivity index (χ4v) is 2.50. The molecule has 0 aliphatic carbocycles. The second kappa shape index (κ2) is 9.17. The van der Waals surface area contributed by atoms with Crippen LogP contribution in [0.3, 0.4) is 0 Å². The number of hydrogen-bond donors (Lipinski definition) is 2. The van der Waals surface area contributed by atoms with Crippen LogP contribution in [-0.2, 0) is 13.2 Å². The molecular weight excluding hydrogens is 334 g/mol. The van der Waals surface area contributed by atoms with Crippen LogP contribution in [0.4, 0.5) is 0 Å². The molecule has 7 heteroatoms. The van der Waals surface area contributed by atoms with E-state index in [9.17, 15) is 9.59 Å². The van der Waals surface area contributed by atoms with Gasteiger partial charge in [0.2, 0.25) is 16.9 Å². The van der Waals surface area contributed by atoms with Gasteiger partial charge in [-0.15, -0.1) is 0 Å². The molecule has 140 valence electrons.